The summed E-state index contributed by atoms with van der Waals surface area (Å²) in [7, 11) is 1.96. The predicted octanol–water partition coefficient (Wildman–Crippen LogP) is 0.781. The van der Waals surface area contributed by atoms with E-state index >= 15 is 0 Å². The highest BCUT2D eigenvalue weighted by molar-refractivity contribution is 5.90. The number of rotatable bonds is 6. The van der Waals surface area contributed by atoms with Gasteiger partial charge < -0.3 is 9.73 Å². The van der Waals surface area contributed by atoms with Crippen molar-refractivity contribution in [3.05, 3.63) is 5.89 Å². The average Bonchev–Trinajstić information content (AvgIpc) is 2.83. The van der Waals surface area contributed by atoms with E-state index in [1.807, 2.05) is 7.05 Å². The third-order valence-electron chi connectivity index (χ3n) is 3.60. The Morgan fingerprint density at radius 3 is 3.00 bits per heavy atom. The van der Waals surface area contributed by atoms with E-state index < -0.39 is 0 Å². The van der Waals surface area contributed by atoms with Crippen LogP contribution in [-0.2, 0) is 4.79 Å². The van der Waals surface area contributed by atoms with E-state index in [0.717, 1.165) is 32.4 Å². The number of nitrogens with zero attached hydrogens (tertiary/aromatic N) is 3. The van der Waals surface area contributed by atoms with Gasteiger partial charge >= 0.3 is 6.01 Å². The van der Waals surface area contributed by atoms with Gasteiger partial charge in [-0.1, -0.05) is 11.5 Å². The molecular formula is C13H23N5O2. The number of hydrogen-bond acceptors (Lipinski definition) is 6. The fourth-order valence-electron chi connectivity index (χ4n) is 2.60. The molecule has 1 amide bonds. The normalized spacial score (nSPS) is 20.0. The number of carbonyl (C=O) groups excluding carboxylic acids is 1. The third-order valence-corrected chi connectivity index (χ3v) is 3.60. The maximum absolute atomic E-state index is 12.0. The van der Waals surface area contributed by atoms with Gasteiger partial charge in [0.1, 0.15) is 0 Å². The first-order valence-electron chi connectivity index (χ1n) is 7.17. The summed E-state index contributed by atoms with van der Waals surface area (Å²) in [6.45, 7) is 4.03. The lowest BCUT2D eigenvalue weighted by Crippen LogP contribution is -2.44. The number of aromatic nitrogens is 2. The minimum Gasteiger partial charge on any atom is -0.408 e. The minimum atomic E-state index is -0.0926. The highest BCUT2D eigenvalue weighted by Crippen LogP contribution is 2.19. The number of aryl methyl sites for hydroxylation is 1. The van der Waals surface area contributed by atoms with Crippen molar-refractivity contribution in [2.24, 2.45) is 0 Å². The van der Waals surface area contributed by atoms with E-state index in [9.17, 15) is 4.79 Å². The van der Waals surface area contributed by atoms with Gasteiger partial charge in [-0.05, 0) is 39.4 Å². The molecule has 2 N–H and O–H groups in total. The Balaban J connectivity index is 1.84. The average molecular weight is 281 g/mol. The molecule has 7 heteroatoms. The SMILES string of the molecule is CNCCC1CCCCN1CC(=O)Nc1nnc(C)o1. The summed E-state index contributed by atoms with van der Waals surface area (Å²) in [6, 6.07) is 0.655. The van der Waals surface area contributed by atoms with Crippen molar-refractivity contribution in [1.29, 1.82) is 0 Å². The Kier molecular flexibility index (Phi) is 5.49. The monoisotopic (exact) mass is 281 g/mol. The number of piperidine rings is 1. The van der Waals surface area contributed by atoms with Crippen molar-refractivity contribution < 1.29 is 9.21 Å². The molecule has 0 aliphatic carbocycles. The van der Waals surface area contributed by atoms with Gasteiger partial charge in [0.15, 0.2) is 0 Å². The summed E-state index contributed by atoms with van der Waals surface area (Å²) in [5, 5.41) is 13.3. The molecule has 2 heterocycles. The van der Waals surface area contributed by atoms with Crippen molar-refractivity contribution in [3.63, 3.8) is 0 Å². The summed E-state index contributed by atoms with van der Waals surface area (Å²) in [5.41, 5.74) is 0. The fourth-order valence-corrected chi connectivity index (χ4v) is 2.60. The summed E-state index contributed by atoms with van der Waals surface area (Å²) in [5.74, 6) is 0.357. The second kappa shape index (κ2) is 7.35. The van der Waals surface area contributed by atoms with Gasteiger partial charge in [-0.3, -0.25) is 15.0 Å². The molecule has 0 bridgehead atoms. The topological polar surface area (TPSA) is 83.3 Å². The van der Waals surface area contributed by atoms with E-state index in [-0.39, 0.29) is 11.9 Å². The first-order valence-corrected chi connectivity index (χ1v) is 7.17. The van der Waals surface area contributed by atoms with Gasteiger partial charge in [-0.2, -0.15) is 0 Å². The van der Waals surface area contributed by atoms with Crippen LogP contribution in [0.4, 0.5) is 6.01 Å². The third kappa shape index (κ3) is 4.28. The Hall–Kier alpha value is -1.47. The van der Waals surface area contributed by atoms with Crippen LogP contribution in [0.5, 0.6) is 0 Å². The zero-order chi connectivity index (χ0) is 14.4. The van der Waals surface area contributed by atoms with Crippen molar-refractivity contribution >= 4 is 11.9 Å². The van der Waals surface area contributed by atoms with Gasteiger partial charge in [0, 0.05) is 13.0 Å². The molecule has 1 aliphatic heterocycles. The van der Waals surface area contributed by atoms with Crippen LogP contribution in [0.25, 0.3) is 0 Å². The molecule has 1 aliphatic rings. The molecule has 1 fully saturated rings. The van der Waals surface area contributed by atoms with Crippen molar-refractivity contribution in [2.75, 3.05) is 32.0 Å². The fraction of sp³-hybridized carbons (Fsp3) is 0.769. The molecular weight excluding hydrogens is 258 g/mol. The van der Waals surface area contributed by atoms with Crippen LogP contribution in [0.2, 0.25) is 0 Å². The Morgan fingerprint density at radius 1 is 1.45 bits per heavy atom. The summed E-state index contributed by atoms with van der Waals surface area (Å²) in [6.07, 6.45) is 4.64. The van der Waals surface area contributed by atoms with Crippen LogP contribution in [0.15, 0.2) is 4.42 Å². The van der Waals surface area contributed by atoms with Gasteiger partial charge in [0.05, 0.1) is 6.54 Å². The molecule has 112 valence electrons. The van der Waals surface area contributed by atoms with Crippen molar-refractivity contribution in [3.8, 4) is 0 Å². The Morgan fingerprint density at radius 2 is 2.30 bits per heavy atom. The molecule has 1 aromatic heterocycles. The smallest absolute Gasteiger partial charge is 0.322 e. The molecule has 1 atom stereocenters. The summed E-state index contributed by atoms with van der Waals surface area (Å²) in [4.78, 5) is 14.3. The molecule has 1 saturated heterocycles. The molecule has 0 radical (unpaired) electrons. The van der Waals surface area contributed by atoms with Crippen molar-refractivity contribution in [2.45, 2.75) is 38.6 Å². The Labute approximate surface area is 119 Å². The maximum atomic E-state index is 12.0. The van der Waals surface area contributed by atoms with E-state index in [1.54, 1.807) is 6.92 Å². The van der Waals surface area contributed by atoms with Crippen molar-refractivity contribution in [1.82, 2.24) is 20.4 Å². The van der Waals surface area contributed by atoms with Gasteiger partial charge in [0.25, 0.3) is 0 Å². The van der Waals surface area contributed by atoms with Crippen LogP contribution in [0, 0.1) is 6.92 Å². The van der Waals surface area contributed by atoms with E-state index in [0.29, 0.717) is 18.5 Å². The quantitative estimate of drug-likeness (QED) is 0.802. The molecule has 0 saturated carbocycles. The van der Waals surface area contributed by atoms with Gasteiger partial charge in [-0.25, -0.2) is 0 Å². The van der Waals surface area contributed by atoms with Crippen LogP contribution in [-0.4, -0.2) is 53.7 Å². The van der Waals surface area contributed by atoms with Gasteiger partial charge in [0.2, 0.25) is 11.8 Å². The lowest BCUT2D eigenvalue weighted by atomic mass is 9.99. The highest BCUT2D eigenvalue weighted by Gasteiger charge is 2.24. The molecule has 20 heavy (non-hydrogen) atoms. The summed E-state index contributed by atoms with van der Waals surface area (Å²) < 4.78 is 5.15. The number of anilines is 1. The number of nitrogens with one attached hydrogen (secondary N) is 2. The molecule has 2 rings (SSSR count). The summed E-state index contributed by atoms with van der Waals surface area (Å²) >= 11 is 0. The lowest BCUT2D eigenvalue weighted by molar-refractivity contribution is -0.118. The number of likely N-dealkylation sites (tertiary alicyclic amines) is 1. The highest BCUT2D eigenvalue weighted by atomic mass is 16.4. The standard InChI is InChI=1S/C13H23N5O2/c1-10-16-17-13(20-10)15-12(19)9-18-8-4-3-5-11(18)6-7-14-2/h11,14H,3-9H2,1-2H3,(H,15,17,19). The second-order valence-electron chi connectivity index (χ2n) is 5.19. The molecule has 0 spiro atoms. The van der Waals surface area contributed by atoms with Gasteiger partial charge in [-0.15, -0.1) is 5.10 Å². The molecule has 1 unspecified atom stereocenters. The lowest BCUT2D eigenvalue weighted by Gasteiger charge is -2.35. The first-order chi connectivity index (χ1) is 9.69. The Bertz CT molecular complexity index is 434. The largest absolute Gasteiger partial charge is 0.408 e. The zero-order valence-electron chi connectivity index (χ0n) is 12.2. The molecule has 1 aromatic rings. The minimum absolute atomic E-state index is 0.0926. The zero-order valence-corrected chi connectivity index (χ0v) is 12.2. The van der Waals surface area contributed by atoms with Crippen LogP contribution in [0.3, 0.4) is 0 Å². The van der Waals surface area contributed by atoms with Crippen LogP contribution < -0.4 is 10.6 Å². The van der Waals surface area contributed by atoms with E-state index in [2.05, 4.69) is 25.7 Å². The first kappa shape index (κ1) is 14.9. The van der Waals surface area contributed by atoms with E-state index in [4.69, 9.17) is 4.42 Å². The molecule has 0 aromatic carbocycles. The van der Waals surface area contributed by atoms with E-state index in [1.165, 1.54) is 6.42 Å². The number of amides is 1. The number of carbonyl (C=O) groups is 1. The maximum Gasteiger partial charge on any atom is 0.322 e. The predicted molar refractivity (Wildman–Crippen MR) is 75.4 cm³/mol. The second-order valence-corrected chi connectivity index (χ2v) is 5.19. The number of hydrogen-bond donors (Lipinski definition) is 2. The van der Waals surface area contributed by atoms with Crippen LogP contribution >= 0.6 is 0 Å². The molecule has 7 nitrogen and oxygen atoms in total. The van der Waals surface area contributed by atoms with Crippen LogP contribution in [0.1, 0.15) is 31.6 Å².